The molecule has 7 nitrogen and oxygen atoms in total. The molecule has 1 aliphatic heterocycles. The number of aromatic hydroxyl groups is 1. The highest BCUT2D eigenvalue weighted by Crippen LogP contribution is 2.34. The standard InChI is InChI=1S/C25H19N3O4S/c1-31-19-13-7-5-11-17(19)27-25-28(18-12-6-8-14-20(18)32-2)24(30)22(33-25)21-15-9-3-4-10-16(15)26-23(21)29/h3-14,30H,1-2H3. The molecule has 4 aromatic rings. The van der Waals surface area contributed by atoms with E-state index < -0.39 is 5.91 Å². The molecule has 0 saturated heterocycles. The average Bonchev–Trinajstić information content (AvgIpc) is 3.34. The number of para-hydroxylation sites is 5. The van der Waals surface area contributed by atoms with E-state index in [1.807, 2.05) is 60.7 Å². The molecular formula is C25H19N3O4S. The van der Waals surface area contributed by atoms with Crippen LogP contribution < -0.4 is 24.9 Å². The monoisotopic (exact) mass is 457 g/mol. The number of ether oxygens (including phenoxy) is 2. The first-order chi connectivity index (χ1) is 16.1. The summed E-state index contributed by atoms with van der Waals surface area (Å²) in [5.74, 6) is 0.618. The Kier molecular flexibility index (Phi) is 5.27. The lowest BCUT2D eigenvalue weighted by atomic mass is 10.1. The zero-order chi connectivity index (χ0) is 22.9. The Morgan fingerprint density at radius 2 is 1.58 bits per heavy atom. The Labute approximate surface area is 192 Å². The summed E-state index contributed by atoms with van der Waals surface area (Å²) in [6, 6.07) is 21.9. The minimum absolute atomic E-state index is 0.117. The molecule has 3 aromatic carbocycles. The largest absolute Gasteiger partial charge is 0.495 e. The van der Waals surface area contributed by atoms with E-state index in [1.54, 1.807) is 30.9 Å². The highest BCUT2D eigenvalue weighted by molar-refractivity contribution is 7.11. The van der Waals surface area contributed by atoms with E-state index in [9.17, 15) is 9.90 Å². The van der Waals surface area contributed by atoms with Crippen molar-refractivity contribution in [2.45, 2.75) is 0 Å². The number of methoxy groups -OCH3 is 2. The molecule has 0 atom stereocenters. The van der Waals surface area contributed by atoms with Gasteiger partial charge in [0.1, 0.15) is 22.1 Å². The summed E-state index contributed by atoms with van der Waals surface area (Å²) in [5.41, 5.74) is 1.52. The van der Waals surface area contributed by atoms with Crippen LogP contribution in [0.25, 0.3) is 11.3 Å². The van der Waals surface area contributed by atoms with E-state index in [1.165, 1.54) is 11.3 Å². The normalized spacial score (nSPS) is 13.1. The molecule has 0 aliphatic carbocycles. The zero-order valence-electron chi connectivity index (χ0n) is 17.9. The quantitative estimate of drug-likeness (QED) is 0.499. The molecule has 1 aliphatic rings. The third-order valence-corrected chi connectivity index (χ3v) is 6.31. The van der Waals surface area contributed by atoms with Gasteiger partial charge >= 0.3 is 0 Å². The minimum atomic E-state index is -0.399. The molecule has 0 bridgehead atoms. The number of hydrogen-bond donors (Lipinski definition) is 1. The first-order valence-corrected chi connectivity index (χ1v) is 10.9. The second-order valence-corrected chi connectivity index (χ2v) is 8.11. The van der Waals surface area contributed by atoms with Crippen LogP contribution in [0.5, 0.6) is 17.4 Å². The van der Waals surface area contributed by atoms with E-state index in [0.717, 1.165) is 0 Å². The zero-order valence-corrected chi connectivity index (χ0v) is 18.7. The van der Waals surface area contributed by atoms with Crippen LogP contribution in [0.2, 0.25) is 0 Å². The van der Waals surface area contributed by atoms with E-state index in [-0.39, 0.29) is 5.88 Å². The lowest BCUT2D eigenvalue weighted by Gasteiger charge is -2.11. The molecule has 1 aromatic heterocycles. The third-order valence-electron chi connectivity index (χ3n) is 5.26. The van der Waals surface area contributed by atoms with Crippen LogP contribution in [0, 0.1) is 0 Å². The van der Waals surface area contributed by atoms with Gasteiger partial charge in [-0.1, -0.05) is 53.8 Å². The predicted molar refractivity (Wildman–Crippen MR) is 125 cm³/mol. The second-order valence-electron chi connectivity index (χ2n) is 7.14. The van der Waals surface area contributed by atoms with Gasteiger partial charge in [-0.3, -0.25) is 9.36 Å². The molecule has 0 spiro atoms. The van der Waals surface area contributed by atoms with Crippen molar-refractivity contribution < 1.29 is 19.4 Å². The third kappa shape index (κ3) is 3.50. The number of aromatic nitrogens is 1. The number of carbonyl (C=O) groups excluding carboxylic acids is 1. The van der Waals surface area contributed by atoms with Crippen molar-refractivity contribution in [1.82, 2.24) is 4.57 Å². The van der Waals surface area contributed by atoms with E-state index in [4.69, 9.17) is 14.5 Å². The molecule has 164 valence electrons. The van der Waals surface area contributed by atoms with Gasteiger partial charge < -0.3 is 14.6 Å². The summed E-state index contributed by atoms with van der Waals surface area (Å²) in [6.07, 6.45) is 0. The summed E-state index contributed by atoms with van der Waals surface area (Å²) in [6.45, 7) is 0. The van der Waals surface area contributed by atoms with Gasteiger partial charge in [0.05, 0.1) is 30.8 Å². The van der Waals surface area contributed by atoms with Gasteiger partial charge in [-0.2, -0.15) is 0 Å². The number of nitrogens with zero attached hydrogens (tertiary/aromatic N) is 3. The van der Waals surface area contributed by atoms with Gasteiger partial charge in [0.25, 0.3) is 5.91 Å². The lowest BCUT2D eigenvalue weighted by Crippen LogP contribution is -2.22. The number of fused-ring (bicyclic) bond motifs is 1. The molecule has 33 heavy (non-hydrogen) atoms. The molecule has 0 saturated carbocycles. The average molecular weight is 458 g/mol. The van der Waals surface area contributed by atoms with Gasteiger partial charge in [0.2, 0.25) is 5.88 Å². The SMILES string of the molecule is COc1ccccc1N=c1sc(C2=c3ccccc3=NC2=O)c(O)n1-c1ccccc1OC. The Balaban J connectivity index is 1.87. The molecule has 2 heterocycles. The molecule has 0 radical (unpaired) electrons. The maximum absolute atomic E-state index is 12.8. The van der Waals surface area contributed by atoms with Crippen molar-refractivity contribution in [3.8, 4) is 23.1 Å². The minimum Gasteiger partial charge on any atom is -0.495 e. The Morgan fingerprint density at radius 3 is 2.36 bits per heavy atom. The molecule has 8 heteroatoms. The lowest BCUT2D eigenvalue weighted by molar-refractivity contribution is -0.112. The van der Waals surface area contributed by atoms with Crippen molar-refractivity contribution in [2.24, 2.45) is 9.98 Å². The van der Waals surface area contributed by atoms with Crippen molar-refractivity contribution >= 4 is 28.5 Å². The predicted octanol–water partition coefficient (Wildman–Crippen LogP) is 2.85. The van der Waals surface area contributed by atoms with Gasteiger partial charge in [-0.05, 0) is 30.3 Å². The van der Waals surface area contributed by atoms with Crippen LogP contribution in [-0.4, -0.2) is 29.8 Å². The fourth-order valence-corrected chi connectivity index (χ4v) is 4.83. The Morgan fingerprint density at radius 1 is 0.909 bits per heavy atom. The molecule has 1 N–H and O–H groups in total. The van der Waals surface area contributed by atoms with Crippen molar-refractivity contribution in [1.29, 1.82) is 0 Å². The summed E-state index contributed by atoms with van der Waals surface area (Å²) in [7, 11) is 3.14. The van der Waals surface area contributed by atoms with Crippen LogP contribution in [0.4, 0.5) is 5.69 Å². The fourth-order valence-electron chi connectivity index (χ4n) is 3.75. The number of amides is 1. The summed E-state index contributed by atoms with van der Waals surface area (Å²) in [5, 5.41) is 12.7. The fraction of sp³-hybridized carbons (Fsp3) is 0.0800. The number of rotatable bonds is 5. The van der Waals surface area contributed by atoms with Gasteiger partial charge in [-0.15, -0.1) is 0 Å². The molecule has 0 fully saturated rings. The van der Waals surface area contributed by atoms with Crippen LogP contribution in [0.1, 0.15) is 4.88 Å². The number of hydrogen-bond acceptors (Lipinski definition) is 6. The maximum atomic E-state index is 12.8. The summed E-state index contributed by atoms with van der Waals surface area (Å²) in [4.78, 5) is 22.6. The van der Waals surface area contributed by atoms with Crippen LogP contribution in [0.3, 0.4) is 0 Å². The molecule has 5 rings (SSSR count). The van der Waals surface area contributed by atoms with Gasteiger partial charge in [0.15, 0.2) is 4.80 Å². The topological polar surface area (TPSA) is 85.4 Å². The highest BCUT2D eigenvalue weighted by atomic mass is 32.1. The van der Waals surface area contributed by atoms with Gasteiger partial charge in [0, 0.05) is 5.22 Å². The highest BCUT2D eigenvalue weighted by Gasteiger charge is 2.27. The first kappa shape index (κ1) is 20.7. The number of carbonyl (C=O) groups is 1. The smallest absolute Gasteiger partial charge is 0.279 e. The molecule has 1 amide bonds. The van der Waals surface area contributed by atoms with Crippen LogP contribution in [-0.2, 0) is 4.79 Å². The van der Waals surface area contributed by atoms with Gasteiger partial charge in [-0.25, -0.2) is 9.98 Å². The molecular weight excluding hydrogens is 438 g/mol. The van der Waals surface area contributed by atoms with E-state index in [2.05, 4.69) is 4.99 Å². The van der Waals surface area contributed by atoms with E-state index in [0.29, 0.717) is 48.7 Å². The number of benzene rings is 3. The van der Waals surface area contributed by atoms with E-state index >= 15 is 0 Å². The Bertz CT molecular complexity index is 1580. The Hall–Kier alpha value is -4.17. The summed E-state index contributed by atoms with van der Waals surface area (Å²) >= 11 is 1.20. The number of thiazole rings is 1. The van der Waals surface area contributed by atoms with Crippen LogP contribution in [0.15, 0.2) is 82.8 Å². The maximum Gasteiger partial charge on any atom is 0.279 e. The summed E-state index contributed by atoms with van der Waals surface area (Å²) < 4.78 is 12.6. The molecule has 0 unspecified atom stereocenters. The van der Waals surface area contributed by atoms with Crippen molar-refractivity contribution in [2.75, 3.05) is 14.2 Å². The second kappa shape index (κ2) is 8.40. The van der Waals surface area contributed by atoms with Crippen molar-refractivity contribution in [3.63, 3.8) is 0 Å². The first-order valence-electron chi connectivity index (χ1n) is 10.1. The van der Waals surface area contributed by atoms with Crippen molar-refractivity contribution in [3.05, 3.63) is 93.1 Å². The van der Waals surface area contributed by atoms with Crippen LogP contribution >= 0.6 is 11.3 Å².